The van der Waals surface area contributed by atoms with Crippen molar-refractivity contribution < 1.29 is 58.3 Å². The Kier molecular flexibility index (Phi) is 7.24. The van der Waals surface area contributed by atoms with E-state index in [9.17, 15) is 18.0 Å². The summed E-state index contributed by atoms with van der Waals surface area (Å²) in [7, 11) is -4.30. The molecule has 1 aromatic heterocycles. The molecule has 0 unspecified atom stereocenters. The molecule has 1 aromatic carbocycles. The molecule has 2 rings (SSSR count). The van der Waals surface area contributed by atoms with Gasteiger partial charge in [0.15, 0.2) is 5.16 Å². The third kappa shape index (κ3) is 5.30. The Bertz CT molecular complexity index is 839. The minimum Gasteiger partial charge on any atom is -1.00 e. The maximum absolute atomic E-state index is 11.5. The van der Waals surface area contributed by atoms with Crippen molar-refractivity contribution in [2.24, 2.45) is 0 Å². The molecule has 0 atom stereocenters. The number of rotatable bonds is 6. The van der Waals surface area contributed by atoms with Crippen LogP contribution in [0.25, 0.3) is 11.0 Å². The van der Waals surface area contributed by atoms with E-state index in [0.29, 0.717) is 16.2 Å². The third-order valence-corrected chi connectivity index (χ3v) is 4.30. The number of ether oxygens (including phenoxy) is 1. The molecule has 0 aliphatic heterocycles. The number of fused-ring (bicyclic) bond motifs is 1. The molecule has 0 aliphatic rings. The third-order valence-electron chi connectivity index (χ3n) is 2.57. The number of aromatic amines is 1. The Hall–Kier alpha value is -0.910. The van der Waals surface area contributed by atoms with E-state index >= 15 is 0 Å². The van der Waals surface area contributed by atoms with Gasteiger partial charge in [-0.05, 0) is 25.1 Å². The second-order valence-corrected chi connectivity index (χ2v) is 6.51. The number of ketones is 1. The average Bonchev–Trinajstić information content (AvgIpc) is 2.85. The monoisotopic (exact) mass is 368 g/mol. The summed E-state index contributed by atoms with van der Waals surface area (Å²) in [5, 5.41) is 0.347. The number of esters is 1. The first-order valence-electron chi connectivity index (χ1n) is 6.11. The first-order chi connectivity index (χ1) is 10.3. The number of carbonyl (C=O) groups excluding carboxylic acids is 2. The van der Waals surface area contributed by atoms with Gasteiger partial charge in [0, 0.05) is 0 Å². The zero-order valence-electron chi connectivity index (χ0n) is 13.4. The molecule has 0 bridgehead atoms. The van der Waals surface area contributed by atoms with Gasteiger partial charge in [-0.15, -0.1) is 0 Å². The zero-order valence-corrected chi connectivity index (χ0v) is 16.0. The van der Waals surface area contributed by atoms with Crippen LogP contribution in [0, 0.1) is 0 Å². The smallest absolute Gasteiger partial charge is 1.00 e. The first kappa shape index (κ1) is 20.1. The topological polar surface area (TPSA) is 126 Å². The molecule has 2 aromatic rings. The van der Waals surface area contributed by atoms with E-state index in [2.05, 4.69) is 14.7 Å². The molecular formula is C12H13N2NaO6S2. The fourth-order valence-electron chi connectivity index (χ4n) is 1.60. The predicted molar refractivity (Wildman–Crippen MR) is 79.4 cm³/mol. The van der Waals surface area contributed by atoms with E-state index in [0.717, 1.165) is 11.8 Å². The van der Waals surface area contributed by atoms with Crippen LogP contribution in [0.15, 0.2) is 28.3 Å². The Morgan fingerprint density at radius 2 is 2.13 bits per heavy atom. The van der Waals surface area contributed by atoms with Gasteiger partial charge in [-0.1, -0.05) is 11.8 Å². The molecule has 0 radical (unpaired) electrons. The molecule has 120 valence electrons. The van der Waals surface area contributed by atoms with Crippen molar-refractivity contribution in [2.75, 3.05) is 12.4 Å². The molecule has 0 aliphatic carbocycles. The summed E-state index contributed by atoms with van der Waals surface area (Å²) in [6.07, 6.45) is 0. The molecule has 11 heteroatoms. The van der Waals surface area contributed by atoms with Crippen LogP contribution in [0.1, 0.15) is 8.35 Å². The number of carbonyl (C=O) groups is 2. The average molecular weight is 368 g/mol. The van der Waals surface area contributed by atoms with Gasteiger partial charge in [-0.25, -0.2) is 9.78 Å². The Morgan fingerprint density at radius 1 is 1.43 bits per heavy atom. The van der Waals surface area contributed by atoms with Gasteiger partial charge in [-0.2, -0.15) is 8.42 Å². The van der Waals surface area contributed by atoms with Crippen LogP contribution in [0.2, 0.25) is 0 Å². The van der Waals surface area contributed by atoms with Crippen molar-refractivity contribution in [3.63, 3.8) is 0 Å². The SMILES string of the molecule is CCOC(=O)C(=O)CSc1nc2ccc(S(=O)(=O)O)cc2[nH]1.[H-].[Na+]. The summed E-state index contributed by atoms with van der Waals surface area (Å²) >= 11 is 0.993. The van der Waals surface area contributed by atoms with Crippen molar-refractivity contribution in [3.05, 3.63) is 18.2 Å². The molecule has 0 saturated carbocycles. The van der Waals surface area contributed by atoms with Crippen molar-refractivity contribution in [2.45, 2.75) is 17.0 Å². The predicted octanol–water partition coefficient (Wildman–Crippen LogP) is -1.85. The minimum atomic E-state index is -4.30. The van der Waals surface area contributed by atoms with E-state index in [1.807, 2.05) is 0 Å². The number of thioether (sulfide) groups is 1. The number of Topliss-reactive ketones (excluding diaryl/α,β-unsaturated/α-hetero) is 1. The van der Waals surface area contributed by atoms with E-state index < -0.39 is 21.9 Å². The minimum absolute atomic E-state index is 0. The number of hydrogen-bond acceptors (Lipinski definition) is 7. The number of imidazole rings is 1. The van der Waals surface area contributed by atoms with Gasteiger partial charge in [0.2, 0.25) is 5.78 Å². The first-order valence-corrected chi connectivity index (χ1v) is 8.54. The molecule has 0 saturated heterocycles. The number of hydrogen-bond donors (Lipinski definition) is 2. The van der Waals surface area contributed by atoms with E-state index in [1.54, 1.807) is 6.92 Å². The van der Waals surface area contributed by atoms with E-state index in [-0.39, 0.29) is 48.2 Å². The number of H-pyrrole nitrogens is 1. The van der Waals surface area contributed by atoms with Crippen LogP contribution < -0.4 is 29.6 Å². The summed E-state index contributed by atoms with van der Waals surface area (Å²) in [5.41, 5.74) is 0.861. The zero-order chi connectivity index (χ0) is 16.3. The van der Waals surface area contributed by atoms with Gasteiger partial charge < -0.3 is 11.1 Å². The van der Waals surface area contributed by atoms with Crippen LogP contribution in [-0.2, 0) is 24.4 Å². The van der Waals surface area contributed by atoms with Gasteiger partial charge in [0.25, 0.3) is 10.1 Å². The second-order valence-electron chi connectivity index (χ2n) is 4.13. The maximum Gasteiger partial charge on any atom is 1.00 e. The van der Waals surface area contributed by atoms with E-state index in [1.165, 1.54) is 18.2 Å². The summed E-state index contributed by atoms with van der Waals surface area (Å²) in [6.45, 7) is 1.72. The van der Waals surface area contributed by atoms with Crippen LogP contribution >= 0.6 is 11.8 Å². The van der Waals surface area contributed by atoms with E-state index in [4.69, 9.17) is 4.55 Å². The van der Waals surface area contributed by atoms with Crippen LogP contribution in [-0.4, -0.2) is 47.1 Å². The molecular weight excluding hydrogens is 355 g/mol. The number of benzene rings is 1. The number of nitrogens with zero attached hydrogens (tertiary/aromatic N) is 1. The summed E-state index contributed by atoms with van der Waals surface area (Å²) in [6, 6.07) is 3.87. The Labute approximate surface area is 159 Å². The standard InChI is InChI=1S/C12H12N2O6S2.Na.H/c1-2-20-11(16)10(15)6-21-12-13-8-4-3-7(22(17,18)19)5-9(8)14-12;;/h3-5H,2,6H2,1H3,(H,13,14)(H,17,18,19);;/q;+1;-1. The van der Waals surface area contributed by atoms with Crippen molar-refractivity contribution in [1.82, 2.24) is 9.97 Å². The van der Waals surface area contributed by atoms with Crippen LogP contribution in [0.3, 0.4) is 0 Å². The Balaban J connectivity index is 0.00000264. The van der Waals surface area contributed by atoms with Gasteiger partial charge in [0.05, 0.1) is 28.3 Å². The van der Waals surface area contributed by atoms with Crippen molar-refractivity contribution >= 4 is 44.7 Å². The van der Waals surface area contributed by atoms with Gasteiger partial charge in [-0.3, -0.25) is 9.35 Å². The van der Waals surface area contributed by atoms with Gasteiger partial charge in [0.1, 0.15) is 0 Å². The van der Waals surface area contributed by atoms with Crippen molar-refractivity contribution in [1.29, 1.82) is 0 Å². The number of aromatic nitrogens is 2. The largest absolute Gasteiger partial charge is 1.00 e. The summed E-state index contributed by atoms with van der Waals surface area (Å²) in [5.74, 6) is -1.74. The molecule has 0 fully saturated rings. The fourth-order valence-corrected chi connectivity index (χ4v) is 2.84. The summed E-state index contributed by atoms with van der Waals surface area (Å²) in [4.78, 5) is 29.3. The molecule has 2 N–H and O–H groups in total. The molecule has 23 heavy (non-hydrogen) atoms. The molecule has 8 nitrogen and oxygen atoms in total. The van der Waals surface area contributed by atoms with Crippen LogP contribution in [0.5, 0.6) is 0 Å². The summed E-state index contributed by atoms with van der Waals surface area (Å²) < 4.78 is 35.7. The van der Waals surface area contributed by atoms with Crippen LogP contribution in [0.4, 0.5) is 0 Å². The molecule has 1 heterocycles. The molecule has 0 amide bonds. The second kappa shape index (κ2) is 8.27. The molecule has 0 spiro atoms. The van der Waals surface area contributed by atoms with Crippen molar-refractivity contribution in [3.8, 4) is 0 Å². The normalized spacial score (nSPS) is 11.0. The quantitative estimate of drug-likeness (QED) is 0.200. The fraction of sp³-hybridized carbons (Fsp3) is 0.250. The Morgan fingerprint density at radius 3 is 2.74 bits per heavy atom. The van der Waals surface area contributed by atoms with Gasteiger partial charge >= 0.3 is 35.5 Å². The number of nitrogens with one attached hydrogen (secondary N) is 1. The maximum atomic E-state index is 11.5.